The first-order valence-corrected chi connectivity index (χ1v) is 4.73. The van der Waals surface area contributed by atoms with Crippen molar-refractivity contribution in [1.82, 2.24) is 4.98 Å². The molecule has 0 spiro atoms. The molecule has 0 unspecified atom stereocenters. The molecule has 0 saturated heterocycles. The third kappa shape index (κ3) is 3.15. The number of carbonyl (C=O) groups is 1. The number of hydrogen-bond donors (Lipinski definition) is 0. The molecule has 0 amide bonds. The highest BCUT2D eigenvalue weighted by atomic mass is 19.3. The molecule has 1 heterocycles. The molecule has 1 rings (SSSR count). The molecule has 0 aliphatic rings. The molecule has 0 aromatic carbocycles. The molecule has 3 nitrogen and oxygen atoms in total. The summed E-state index contributed by atoms with van der Waals surface area (Å²) >= 11 is 0. The van der Waals surface area contributed by atoms with E-state index in [1.165, 1.54) is 0 Å². The van der Waals surface area contributed by atoms with Crippen molar-refractivity contribution in [1.29, 1.82) is 0 Å². The maximum Gasteiger partial charge on any atom is 0.310 e. The topological polar surface area (TPSA) is 39.2 Å². The lowest BCUT2D eigenvalue weighted by atomic mass is 10.1. The van der Waals surface area contributed by atoms with E-state index in [4.69, 9.17) is 0 Å². The van der Waals surface area contributed by atoms with Crippen LogP contribution in [0.4, 0.5) is 17.6 Å². The monoisotopic (exact) mass is 251 g/mol. The summed E-state index contributed by atoms with van der Waals surface area (Å²) in [6.07, 6.45) is -3.05. The van der Waals surface area contributed by atoms with Crippen LogP contribution in [0.25, 0.3) is 0 Å². The summed E-state index contributed by atoms with van der Waals surface area (Å²) in [5.74, 6) is -4.01. The van der Waals surface area contributed by atoms with Gasteiger partial charge >= 0.3 is 5.97 Å². The average Bonchev–Trinajstić information content (AvgIpc) is 2.25. The van der Waals surface area contributed by atoms with Crippen LogP contribution in [0.5, 0.6) is 0 Å². The minimum absolute atomic E-state index is 0.0888. The second-order valence-corrected chi connectivity index (χ2v) is 3.08. The highest BCUT2D eigenvalue weighted by molar-refractivity contribution is 5.72. The molecular formula is C10H9F4NO2. The van der Waals surface area contributed by atoms with Crippen LogP contribution in [-0.2, 0) is 16.0 Å². The minimum Gasteiger partial charge on any atom is -0.466 e. The summed E-state index contributed by atoms with van der Waals surface area (Å²) in [6, 6.07) is 0. The van der Waals surface area contributed by atoms with E-state index >= 15 is 0 Å². The predicted molar refractivity (Wildman–Crippen MR) is 49.4 cm³/mol. The lowest BCUT2D eigenvalue weighted by Gasteiger charge is -2.06. The Morgan fingerprint density at radius 2 is 2.06 bits per heavy atom. The number of ether oxygens (including phenoxy) is 1. The largest absolute Gasteiger partial charge is 0.466 e. The first-order valence-electron chi connectivity index (χ1n) is 4.73. The van der Waals surface area contributed by atoms with Gasteiger partial charge < -0.3 is 4.74 Å². The van der Waals surface area contributed by atoms with Crippen LogP contribution in [0.2, 0.25) is 0 Å². The number of nitrogens with zero attached hydrogens (tertiary/aromatic N) is 1. The van der Waals surface area contributed by atoms with Gasteiger partial charge in [0.25, 0.3) is 6.43 Å². The molecule has 1 aromatic heterocycles. The van der Waals surface area contributed by atoms with E-state index in [2.05, 4.69) is 9.72 Å². The number of aromatic nitrogens is 1. The highest BCUT2D eigenvalue weighted by Gasteiger charge is 2.22. The first kappa shape index (κ1) is 13.4. The summed E-state index contributed by atoms with van der Waals surface area (Å²) in [4.78, 5) is 14.1. The van der Waals surface area contributed by atoms with E-state index in [1.54, 1.807) is 6.92 Å². The van der Waals surface area contributed by atoms with Crippen molar-refractivity contribution in [2.24, 2.45) is 0 Å². The summed E-state index contributed by atoms with van der Waals surface area (Å²) in [5, 5.41) is 0. The van der Waals surface area contributed by atoms with Crippen LogP contribution in [-0.4, -0.2) is 17.6 Å². The summed E-state index contributed by atoms with van der Waals surface area (Å²) in [5.41, 5.74) is -1.68. The molecule has 0 radical (unpaired) electrons. The van der Waals surface area contributed by atoms with Gasteiger partial charge in [-0.2, -0.15) is 0 Å². The van der Waals surface area contributed by atoms with Crippen LogP contribution >= 0.6 is 0 Å². The number of pyridine rings is 1. The number of halogens is 4. The maximum atomic E-state index is 13.3. The zero-order valence-electron chi connectivity index (χ0n) is 8.84. The molecule has 0 bridgehead atoms. The molecule has 0 atom stereocenters. The molecule has 0 saturated carbocycles. The molecule has 0 aliphatic heterocycles. The number of hydrogen-bond acceptors (Lipinski definition) is 3. The Labute approximate surface area is 94.4 Å². The molecule has 7 heteroatoms. The second-order valence-electron chi connectivity index (χ2n) is 3.08. The molecular weight excluding hydrogens is 242 g/mol. The molecule has 94 valence electrons. The quantitative estimate of drug-likeness (QED) is 0.609. The number of carbonyl (C=O) groups excluding carboxylic acids is 1. The Morgan fingerprint density at radius 1 is 1.41 bits per heavy atom. The van der Waals surface area contributed by atoms with Crippen molar-refractivity contribution in [3.05, 3.63) is 29.1 Å². The molecule has 0 N–H and O–H groups in total. The van der Waals surface area contributed by atoms with E-state index in [-0.39, 0.29) is 6.61 Å². The lowest BCUT2D eigenvalue weighted by molar-refractivity contribution is -0.142. The fourth-order valence-electron chi connectivity index (χ4n) is 1.16. The van der Waals surface area contributed by atoms with Crippen molar-refractivity contribution >= 4 is 5.97 Å². The van der Waals surface area contributed by atoms with Gasteiger partial charge in [-0.3, -0.25) is 9.78 Å². The Kier molecular flexibility index (Phi) is 4.42. The van der Waals surface area contributed by atoms with E-state index in [0.29, 0.717) is 6.20 Å². The van der Waals surface area contributed by atoms with E-state index in [1.807, 2.05) is 0 Å². The standard InChI is InChI=1S/C10H9F4NO2/c1-2-17-6(16)3-5-4-15-9(10(13)14)8(12)7(5)11/h4,10H,2-3H2,1H3. The zero-order chi connectivity index (χ0) is 13.0. The Bertz CT molecular complexity index is 423. The van der Waals surface area contributed by atoms with Crippen molar-refractivity contribution in [3.63, 3.8) is 0 Å². The van der Waals surface area contributed by atoms with Crippen LogP contribution < -0.4 is 0 Å². The maximum absolute atomic E-state index is 13.3. The number of rotatable bonds is 4. The van der Waals surface area contributed by atoms with Gasteiger partial charge in [0.2, 0.25) is 0 Å². The van der Waals surface area contributed by atoms with Crippen LogP contribution in [0.15, 0.2) is 6.20 Å². The van der Waals surface area contributed by atoms with Crippen LogP contribution in [0.1, 0.15) is 24.6 Å². The number of esters is 1. The minimum atomic E-state index is -3.21. The second kappa shape index (κ2) is 5.60. The number of alkyl halides is 2. The Balaban J connectivity index is 2.96. The van der Waals surface area contributed by atoms with E-state index < -0.39 is 41.7 Å². The third-order valence-corrected chi connectivity index (χ3v) is 1.91. The van der Waals surface area contributed by atoms with Gasteiger partial charge in [-0.15, -0.1) is 0 Å². The lowest BCUT2D eigenvalue weighted by Crippen LogP contribution is -2.11. The van der Waals surface area contributed by atoms with E-state index in [0.717, 1.165) is 0 Å². The molecule has 0 aliphatic carbocycles. The highest BCUT2D eigenvalue weighted by Crippen LogP contribution is 2.23. The van der Waals surface area contributed by atoms with Gasteiger partial charge in [-0.05, 0) is 6.92 Å². The molecule has 0 fully saturated rings. The van der Waals surface area contributed by atoms with Crippen molar-refractivity contribution in [2.45, 2.75) is 19.8 Å². The smallest absolute Gasteiger partial charge is 0.310 e. The van der Waals surface area contributed by atoms with Gasteiger partial charge in [0.05, 0.1) is 13.0 Å². The van der Waals surface area contributed by atoms with Gasteiger partial charge in [0.1, 0.15) is 5.69 Å². The van der Waals surface area contributed by atoms with Gasteiger partial charge in [-0.1, -0.05) is 0 Å². The van der Waals surface area contributed by atoms with Gasteiger partial charge in [0.15, 0.2) is 11.6 Å². The Morgan fingerprint density at radius 3 is 2.59 bits per heavy atom. The van der Waals surface area contributed by atoms with Crippen LogP contribution in [0, 0.1) is 11.6 Å². The SMILES string of the molecule is CCOC(=O)Cc1cnc(C(F)F)c(F)c1F. The molecule has 17 heavy (non-hydrogen) atoms. The summed E-state index contributed by atoms with van der Waals surface area (Å²) < 4.78 is 55.2. The van der Waals surface area contributed by atoms with Gasteiger partial charge in [0, 0.05) is 11.8 Å². The van der Waals surface area contributed by atoms with Crippen molar-refractivity contribution in [2.75, 3.05) is 6.61 Å². The fraction of sp³-hybridized carbons (Fsp3) is 0.400. The predicted octanol–water partition coefficient (Wildman–Crippen LogP) is 2.40. The van der Waals surface area contributed by atoms with Crippen LogP contribution in [0.3, 0.4) is 0 Å². The third-order valence-electron chi connectivity index (χ3n) is 1.91. The van der Waals surface area contributed by atoms with Crippen molar-refractivity contribution < 1.29 is 27.1 Å². The first-order chi connectivity index (χ1) is 7.97. The van der Waals surface area contributed by atoms with Crippen molar-refractivity contribution in [3.8, 4) is 0 Å². The summed E-state index contributed by atoms with van der Waals surface area (Å²) in [6.45, 7) is 1.64. The summed E-state index contributed by atoms with van der Waals surface area (Å²) in [7, 11) is 0. The normalized spacial score (nSPS) is 10.7. The van der Waals surface area contributed by atoms with E-state index in [9.17, 15) is 22.4 Å². The molecule has 1 aromatic rings. The fourth-order valence-corrected chi connectivity index (χ4v) is 1.16. The Hall–Kier alpha value is -1.66. The average molecular weight is 251 g/mol. The van der Waals surface area contributed by atoms with Gasteiger partial charge in [-0.25, -0.2) is 17.6 Å². The zero-order valence-corrected chi connectivity index (χ0v) is 8.84.